The molecular formula is C18H19ClSi. The molecule has 0 spiro atoms. The molecule has 0 bridgehead atoms. The molecule has 0 atom stereocenters. The first-order chi connectivity index (χ1) is 9.55. The lowest BCUT2D eigenvalue weighted by molar-refractivity contribution is 1.46. The van der Waals surface area contributed by atoms with Crippen molar-refractivity contribution >= 4 is 30.1 Å². The lowest BCUT2D eigenvalue weighted by atomic mass is 10.1. The second kappa shape index (κ2) is 6.28. The number of aryl methyl sites for hydroxylation is 1. The number of hydrogen-bond acceptors (Lipinski definition) is 0. The molecular weight excluding hydrogens is 280 g/mol. The van der Waals surface area contributed by atoms with Gasteiger partial charge in [-0.15, -0.1) is 5.73 Å². The normalized spacial score (nSPS) is 10.8. The van der Waals surface area contributed by atoms with Crippen LogP contribution in [0.15, 0.2) is 65.9 Å². The monoisotopic (exact) mass is 298 g/mol. The fraction of sp³-hybridized carbons (Fsp3) is 0.167. The van der Waals surface area contributed by atoms with Gasteiger partial charge in [0.25, 0.3) is 0 Å². The first kappa shape index (κ1) is 14.9. The molecule has 0 nitrogen and oxygen atoms in total. The van der Waals surface area contributed by atoms with Crippen LogP contribution >= 0.6 is 11.6 Å². The van der Waals surface area contributed by atoms with Crippen molar-refractivity contribution in [3.05, 3.63) is 77.0 Å². The Morgan fingerprint density at radius 2 is 1.60 bits per heavy atom. The standard InChI is InChI=1S/C18H19ClSi/c1-15-9-11-16(12-10-15)18(13-14-19)20(2,3)17-7-5-4-6-8-17/h4-12,14H,1-3H3. The Morgan fingerprint density at radius 3 is 2.15 bits per heavy atom. The third-order valence-electron chi connectivity index (χ3n) is 3.66. The summed E-state index contributed by atoms with van der Waals surface area (Å²) in [7, 11) is -1.80. The van der Waals surface area contributed by atoms with Crippen LogP contribution in [0.5, 0.6) is 0 Å². The summed E-state index contributed by atoms with van der Waals surface area (Å²) in [5.41, 5.74) is 7.26. The van der Waals surface area contributed by atoms with Crippen LogP contribution in [-0.2, 0) is 0 Å². The van der Waals surface area contributed by atoms with Crippen molar-refractivity contribution in [1.29, 1.82) is 0 Å². The maximum atomic E-state index is 5.84. The van der Waals surface area contributed by atoms with Crippen LogP contribution < -0.4 is 5.19 Å². The molecule has 0 aliphatic rings. The lowest BCUT2D eigenvalue weighted by Gasteiger charge is -2.25. The molecule has 2 aromatic carbocycles. The summed E-state index contributed by atoms with van der Waals surface area (Å²) >= 11 is 5.84. The van der Waals surface area contributed by atoms with Crippen LogP contribution in [0.2, 0.25) is 13.1 Å². The molecule has 0 aromatic heterocycles. The van der Waals surface area contributed by atoms with Gasteiger partial charge in [0.1, 0.15) is 8.07 Å². The van der Waals surface area contributed by atoms with Crippen molar-refractivity contribution < 1.29 is 0 Å². The molecule has 102 valence electrons. The summed E-state index contributed by atoms with van der Waals surface area (Å²) < 4.78 is 0. The third-order valence-corrected chi connectivity index (χ3v) is 7.23. The number of rotatable bonds is 3. The van der Waals surface area contributed by atoms with E-state index in [-0.39, 0.29) is 0 Å². The smallest absolute Gasteiger partial charge is 0.109 e. The van der Waals surface area contributed by atoms with Gasteiger partial charge in [-0.1, -0.05) is 90.0 Å². The molecule has 0 unspecified atom stereocenters. The Labute approximate surface area is 127 Å². The molecule has 0 radical (unpaired) electrons. The molecule has 0 N–H and O–H groups in total. The van der Waals surface area contributed by atoms with Gasteiger partial charge in [-0.25, -0.2) is 0 Å². The number of hydrogen-bond donors (Lipinski definition) is 0. The predicted octanol–water partition coefficient (Wildman–Crippen LogP) is 4.88. The summed E-state index contributed by atoms with van der Waals surface area (Å²) in [5, 5.41) is 2.63. The molecule has 20 heavy (non-hydrogen) atoms. The molecule has 0 saturated heterocycles. The van der Waals surface area contributed by atoms with Crippen molar-refractivity contribution in [2.75, 3.05) is 0 Å². The second-order valence-corrected chi connectivity index (χ2v) is 10.0. The zero-order chi connectivity index (χ0) is 14.6. The van der Waals surface area contributed by atoms with Gasteiger partial charge in [0, 0.05) is 5.54 Å². The van der Waals surface area contributed by atoms with Gasteiger partial charge in [0.2, 0.25) is 0 Å². The van der Waals surface area contributed by atoms with E-state index < -0.39 is 8.07 Å². The minimum absolute atomic E-state index is 1.22. The average molecular weight is 299 g/mol. The zero-order valence-corrected chi connectivity index (χ0v) is 13.9. The molecule has 0 fully saturated rings. The molecule has 2 rings (SSSR count). The molecule has 2 aromatic rings. The van der Waals surface area contributed by atoms with E-state index in [0.29, 0.717) is 0 Å². The van der Waals surface area contributed by atoms with Gasteiger partial charge in [-0.2, -0.15) is 0 Å². The fourth-order valence-electron chi connectivity index (χ4n) is 2.40. The lowest BCUT2D eigenvalue weighted by Crippen LogP contribution is -2.42. The van der Waals surface area contributed by atoms with Crippen LogP contribution in [-0.4, -0.2) is 8.07 Å². The fourth-order valence-corrected chi connectivity index (χ4v) is 5.23. The molecule has 2 heteroatoms. The zero-order valence-electron chi connectivity index (χ0n) is 12.2. The molecule has 0 aliphatic carbocycles. The van der Waals surface area contributed by atoms with Crippen LogP contribution in [0, 0.1) is 6.92 Å². The first-order valence-corrected chi connectivity index (χ1v) is 10.2. The molecule has 0 amide bonds. The molecule has 0 aliphatic heterocycles. The van der Waals surface area contributed by atoms with Gasteiger partial charge in [0.15, 0.2) is 0 Å². The van der Waals surface area contributed by atoms with Crippen molar-refractivity contribution in [1.82, 2.24) is 0 Å². The highest BCUT2D eigenvalue weighted by Gasteiger charge is 2.29. The number of benzene rings is 2. The van der Waals surface area contributed by atoms with Crippen LogP contribution in [0.25, 0.3) is 5.20 Å². The molecule has 0 saturated carbocycles. The van der Waals surface area contributed by atoms with E-state index in [4.69, 9.17) is 11.6 Å². The van der Waals surface area contributed by atoms with E-state index in [1.54, 1.807) is 0 Å². The summed E-state index contributed by atoms with van der Waals surface area (Å²) in [5.74, 6) is 0. The van der Waals surface area contributed by atoms with Gasteiger partial charge in [-0.05, 0) is 17.7 Å². The highest BCUT2D eigenvalue weighted by Crippen LogP contribution is 2.25. The van der Waals surface area contributed by atoms with Crippen molar-refractivity contribution in [2.24, 2.45) is 0 Å². The summed E-state index contributed by atoms with van der Waals surface area (Å²) in [6.07, 6.45) is 0. The molecule has 0 heterocycles. The van der Waals surface area contributed by atoms with E-state index in [1.165, 1.54) is 27.0 Å². The first-order valence-electron chi connectivity index (χ1n) is 6.74. The second-order valence-electron chi connectivity index (χ2n) is 5.49. The average Bonchev–Trinajstić information content (AvgIpc) is 2.47. The maximum absolute atomic E-state index is 5.84. The summed E-state index contributed by atoms with van der Waals surface area (Å²) in [6.45, 7) is 6.78. The number of halogens is 1. The van der Waals surface area contributed by atoms with Crippen molar-refractivity contribution in [2.45, 2.75) is 20.0 Å². The summed E-state index contributed by atoms with van der Waals surface area (Å²) in [6, 6.07) is 19.3. The van der Waals surface area contributed by atoms with Gasteiger partial charge in [0.05, 0.1) is 0 Å². The van der Waals surface area contributed by atoms with Gasteiger partial charge < -0.3 is 0 Å². The Morgan fingerprint density at radius 1 is 1.00 bits per heavy atom. The quantitative estimate of drug-likeness (QED) is 0.559. The van der Waals surface area contributed by atoms with Crippen LogP contribution in [0.3, 0.4) is 0 Å². The Kier molecular flexibility index (Phi) is 4.67. The third kappa shape index (κ3) is 3.13. The maximum Gasteiger partial charge on any atom is 0.122 e. The van der Waals surface area contributed by atoms with E-state index in [9.17, 15) is 0 Å². The Hall–Kier alpha value is -1.53. The van der Waals surface area contributed by atoms with Crippen molar-refractivity contribution in [3.63, 3.8) is 0 Å². The SMILES string of the molecule is Cc1ccc(C(=C=CCl)[Si](C)(C)c2ccccc2)cc1. The minimum atomic E-state index is -1.80. The summed E-state index contributed by atoms with van der Waals surface area (Å²) in [4.78, 5) is 0. The van der Waals surface area contributed by atoms with Gasteiger partial charge >= 0.3 is 0 Å². The van der Waals surface area contributed by atoms with E-state index in [1.807, 2.05) is 0 Å². The van der Waals surface area contributed by atoms with Crippen LogP contribution in [0.1, 0.15) is 11.1 Å². The Balaban J connectivity index is 2.55. The van der Waals surface area contributed by atoms with Crippen LogP contribution in [0.4, 0.5) is 0 Å². The largest absolute Gasteiger partial charge is 0.122 e. The minimum Gasteiger partial charge on any atom is -0.109 e. The highest BCUT2D eigenvalue weighted by molar-refractivity contribution is 7.04. The Bertz CT molecular complexity index is 633. The van der Waals surface area contributed by atoms with E-state index >= 15 is 0 Å². The predicted molar refractivity (Wildman–Crippen MR) is 92.1 cm³/mol. The highest BCUT2D eigenvalue weighted by atomic mass is 35.5. The van der Waals surface area contributed by atoms with E-state index in [0.717, 1.165) is 0 Å². The van der Waals surface area contributed by atoms with Gasteiger partial charge in [-0.3, -0.25) is 0 Å². The van der Waals surface area contributed by atoms with E-state index in [2.05, 4.69) is 80.3 Å². The topological polar surface area (TPSA) is 0 Å². The van der Waals surface area contributed by atoms with Crippen molar-refractivity contribution in [3.8, 4) is 0 Å².